The maximum atomic E-state index is 5.66. The Kier molecular flexibility index (Phi) is 17.1. The number of dihydropyridines is 1. The molecule has 0 saturated heterocycles. The Morgan fingerprint density at radius 3 is 1.38 bits per heavy atom. The van der Waals surface area contributed by atoms with Gasteiger partial charge in [-0.1, -0.05) is 274 Å². The summed E-state index contributed by atoms with van der Waals surface area (Å²) in [6.45, 7) is 5.62. The summed E-state index contributed by atoms with van der Waals surface area (Å²) in [6, 6.07) is 102. The van der Waals surface area contributed by atoms with E-state index in [1.165, 1.54) is 16.7 Å². The van der Waals surface area contributed by atoms with Gasteiger partial charge in [-0.15, -0.1) is 0 Å². The van der Waals surface area contributed by atoms with Crippen LogP contribution in [0.15, 0.2) is 408 Å². The lowest BCUT2D eigenvalue weighted by molar-refractivity contribution is 0.404. The topological polar surface area (TPSA) is 125 Å². The van der Waals surface area contributed by atoms with E-state index >= 15 is 0 Å². The monoisotopic (exact) mass is 1440 g/mol. The maximum Gasteiger partial charge on any atom is 0.164 e. The van der Waals surface area contributed by atoms with Crippen LogP contribution in [0.3, 0.4) is 0 Å². The van der Waals surface area contributed by atoms with Gasteiger partial charge < -0.3 is 14.7 Å². The number of anilines is 3. The molecular weight excluding hydrogens is 1370 g/mol. The van der Waals surface area contributed by atoms with Gasteiger partial charge in [0.1, 0.15) is 5.84 Å². The summed E-state index contributed by atoms with van der Waals surface area (Å²) >= 11 is 0. The average molecular weight is 1440 g/mol. The zero-order chi connectivity index (χ0) is 74.4. The molecule has 20 rings (SSSR count). The molecule has 0 spiro atoms. The lowest BCUT2D eigenvalue weighted by atomic mass is 9.89. The number of nitrogens with zero attached hydrogens (tertiary/aromatic N) is 12. The van der Waals surface area contributed by atoms with Gasteiger partial charge in [0.2, 0.25) is 0 Å². The quantitative estimate of drug-likeness (QED) is 0.104. The van der Waals surface area contributed by atoms with Crippen LogP contribution in [-0.4, -0.2) is 70.6 Å². The van der Waals surface area contributed by atoms with Crippen LogP contribution in [0.5, 0.6) is 0 Å². The minimum atomic E-state index is -0.397. The van der Waals surface area contributed by atoms with Gasteiger partial charge >= 0.3 is 0 Å². The van der Waals surface area contributed by atoms with Gasteiger partial charge in [0.15, 0.2) is 41.1 Å². The Morgan fingerprint density at radius 1 is 0.366 bits per heavy atom. The third kappa shape index (κ3) is 12.7. The largest absolute Gasteiger partial charge is 0.337 e. The van der Waals surface area contributed by atoms with Crippen LogP contribution in [0.2, 0.25) is 0 Å². The predicted octanol–water partition coefficient (Wildman–Crippen LogP) is 22.2. The van der Waals surface area contributed by atoms with Crippen LogP contribution in [-0.2, 0) is 0 Å². The third-order valence-corrected chi connectivity index (χ3v) is 21.6. The second kappa shape index (κ2) is 28.8. The molecule has 13 aromatic rings. The molecule has 2 unspecified atom stereocenters. The van der Waals surface area contributed by atoms with Crippen molar-refractivity contribution >= 4 is 57.0 Å². The number of aliphatic imine (C=N–C) groups is 2. The number of hydrogen-bond acceptors (Lipinski definition) is 12. The maximum absolute atomic E-state index is 5.66. The zero-order valence-electron chi connectivity index (χ0n) is 61.0. The van der Waals surface area contributed by atoms with E-state index in [4.69, 9.17) is 51.5 Å². The molecule has 2 aliphatic carbocycles. The second-order valence-corrected chi connectivity index (χ2v) is 28.5. The lowest BCUT2D eigenvalue weighted by Crippen LogP contribution is -2.35. The molecule has 10 aromatic carbocycles. The summed E-state index contributed by atoms with van der Waals surface area (Å²) < 4.78 is 0. The first-order valence-electron chi connectivity index (χ1n) is 37.9. The highest BCUT2D eigenvalue weighted by atomic mass is 15.3. The van der Waals surface area contributed by atoms with Crippen LogP contribution in [0.4, 0.5) is 17.1 Å². The number of hydrogen-bond donors (Lipinski definition) is 0. The van der Waals surface area contributed by atoms with E-state index in [9.17, 15) is 0 Å². The second-order valence-electron chi connectivity index (χ2n) is 28.5. The smallest absolute Gasteiger partial charge is 0.164 e. The predicted molar refractivity (Wildman–Crippen MR) is 455 cm³/mol. The minimum Gasteiger partial charge on any atom is -0.337 e. The number of rotatable bonds is 14. The lowest BCUT2D eigenvalue weighted by Gasteiger charge is -2.32. The fourth-order valence-electron chi connectivity index (χ4n) is 16.0. The Balaban J connectivity index is 0.727. The van der Waals surface area contributed by atoms with Crippen LogP contribution >= 0.6 is 0 Å². The number of benzene rings is 10. The van der Waals surface area contributed by atoms with E-state index in [0.717, 1.165) is 140 Å². The van der Waals surface area contributed by atoms with Crippen molar-refractivity contribution in [1.29, 1.82) is 0 Å². The summed E-state index contributed by atoms with van der Waals surface area (Å²) in [5.74, 6) is 4.43. The molecule has 7 aliphatic rings. The number of allylic oxidation sites excluding steroid dienone is 11. The molecule has 0 radical (unpaired) electrons. The van der Waals surface area contributed by atoms with Crippen molar-refractivity contribution in [2.75, 3.05) is 16.3 Å². The molecule has 112 heavy (non-hydrogen) atoms. The highest BCUT2D eigenvalue weighted by Crippen LogP contribution is 2.50. The van der Waals surface area contributed by atoms with E-state index < -0.39 is 6.17 Å². The van der Waals surface area contributed by atoms with Crippen LogP contribution in [0.25, 0.3) is 107 Å². The number of pyridine rings is 1. The molecule has 12 heteroatoms. The molecule has 5 aliphatic heterocycles. The van der Waals surface area contributed by atoms with Crippen molar-refractivity contribution < 1.29 is 0 Å². The Bertz CT molecular complexity index is 6140. The molecule has 3 aromatic heterocycles. The van der Waals surface area contributed by atoms with Gasteiger partial charge in [-0.3, -0.25) is 4.99 Å². The standard InChI is InChI=1S/C100H70N12/c1-65-55-81(111-91-51-46-75(66-27-10-2-11-28-66)56-84(91)86-58-78(63-101-99(86)111)77-60-88(68-31-14-4-15-32-68)103-89(61-77)69-33-16-5-17-34-69)43-26-54-110(80-48-44-74(45-49-80)97-106-93(70-35-18-6-19-36-70)104-94(107-97)71-37-20-7-21-38-71)90-53-50-82(62-83(65)90)112-92-52-47-76(67-29-12-3-13-30-67)57-85(92)87-59-79(64-102-100(87)112)98-108-95(72-39-22-8-23-40-72)105-96(109-98)73-41-24-9-25-42-73/h2-53,55,57-58,60-64,92,99H,1,54,56,59H2/b43-26-,81-55+. The minimum absolute atomic E-state index is 0.213. The van der Waals surface area contributed by atoms with Crippen molar-refractivity contribution in [3.05, 3.63) is 426 Å². The highest BCUT2D eigenvalue weighted by molar-refractivity contribution is 6.18. The molecular formula is C100H70N12. The molecule has 8 heterocycles. The van der Waals surface area contributed by atoms with Crippen molar-refractivity contribution in [2.24, 2.45) is 9.98 Å². The molecule has 0 amide bonds. The van der Waals surface area contributed by atoms with Crippen molar-refractivity contribution in [3.63, 3.8) is 0 Å². The van der Waals surface area contributed by atoms with Gasteiger partial charge in [0.05, 0.1) is 17.4 Å². The zero-order valence-corrected chi connectivity index (χ0v) is 61.0. The van der Waals surface area contributed by atoms with Gasteiger partial charge in [-0.2, -0.15) is 0 Å². The van der Waals surface area contributed by atoms with E-state index in [-0.39, 0.29) is 6.04 Å². The summed E-state index contributed by atoms with van der Waals surface area (Å²) in [5.41, 5.74) is 27.3. The van der Waals surface area contributed by atoms with E-state index in [2.05, 4.69) is 239 Å². The summed E-state index contributed by atoms with van der Waals surface area (Å²) in [7, 11) is 0. The van der Waals surface area contributed by atoms with Crippen LogP contribution in [0, 0.1) is 0 Å². The van der Waals surface area contributed by atoms with Crippen molar-refractivity contribution in [2.45, 2.75) is 25.0 Å². The summed E-state index contributed by atoms with van der Waals surface area (Å²) in [5, 5.41) is 0. The summed E-state index contributed by atoms with van der Waals surface area (Å²) in [4.78, 5) is 54.5. The SMILES string of the molecule is C=C1/C=C(N2C3=CC=C(c4ccccc4)CC3=C3C=C(c4cc(-c5ccccc5)nc(-c5ccccc5)c4)C=NC32)\C=C/CN(c2ccc(-c3nc(-c4ccccc4)nc(-c4ccccc4)n3)cc2)c2ccc(N3C4=NC=C(c5nc(-c6ccccc6)nc(-c6ccccc6)n5)CC4=C4C=C(c5ccccc5)C=CC43)cc21. The van der Waals surface area contributed by atoms with Gasteiger partial charge in [-0.25, -0.2) is 39.9 Å². The molecule has 530 valence electrons. The first-order valence-corrected chi connectivity index (χ1v) is 37.9. The Hall–Kier alpha value is -14.8. The summed E-state index contributed by atoms with van der Waals surface area (Å²) in [6.07, 6.45) is 25.6. The van der Waals surface area contributed by atoms with Gasteiger partial charge in [0, 0.05) is 127 Å². The first kappa shape index (κ1) is 66.7. The van der Waals surface area contributed by atoms with Gasteiger partial charge in [0.25, 0.3) is 0 Å². The van der Waals surface area contributed by atoms with Crippen LogP contribution < -0.4 is 9.80 Å². The molecule has 12 nitrogen and oxygen atoms in total. The fourth-order valence-corrected chi connectivity index (χ4v) is 16.0. The van der Waals surface area contributed by atoms with E-state index in [1.807, 2.05) is 140 Å². The fraction of sp³-hybridized carbons (Fsp3) is 0.0500. The number of aromatic nitrogens is 7. The first-order chi connectivity index (χ1) is 55.4. The van der Waals surface area contributed by atoms with E-state index in [0.29, 0.717) is 54.3 Å². The number of amidine groups is 1. The molecule has 0 fully saturated rings. The molecule has 0 saturated carbocycles. The van der Waals surface area contributed by atoms with Crippen LogP contribution in [0.1, 0.15) is 40.9 Å². The third-order valence-electron chi connectivity index (χ3n) is 21.6. The van der Waals surface area contributed by atoms with E-state index in [1.54, 1.807) is 0 Å². The van der Waals surface area contributed by atoms with Crippen molar-refractivity contribution in [1.82, 2.24) is 39.8 Å². The Morgan fingerprint density at radius 2 is 0.839 bits per heavy atom. The molecule has 0 bridgehead atoms. The highest BCUT2D eigenvalue weighted by Gasteiger charge is 2.42. The Labute approximate surface area is 650 Å². The number of fused-ring (bicyclic) bond motifs is 5. The average Bonchev–Trinajstić information content (AvgIpc) is 1.58. The van der Waals surface area contributed by atoms with Gasteiger partial charge in [-0.05, 0) is 130 Å². The normalized spacial score (nSPS) is 17.6. The molecule has 0 N–H and O–H groups in total. The van der Waals surface area contributed by atoms with Crippen molar-refractivity contribution in [3.8, 4) is 79.5 Å². The molecule has 2 atom stereocenters.